The van der Waals surface area contributed by atoms with Crippen molar-refractivity contribution in [3.8, 4) is 11.1 Å². The van der Waals surface area contributed by atoms with Crippen LogP contribution in [0.5, 0.6) is 0 Å². The van der Waals surface area contributed by atoms with Gasteiger partial charge in [0.05, 0.1) is 11.0 Å². The van der Waals surface area contributed by atoms with Crippen molar-refractivity contribution >= 4 is 28.7 Å². The molecule has 4 N–H and O–H groups in total. The first-order valence-corrected chi connectivity index (χ1v) is 15.7. The average Bonchev–Trinajstić information content (AvgIpc) is 3.41. The van der Waals surface area contributed by atoms with E-state index >= 15 is 0 Å². The van der Waals surface area contributed by atoms with E-state index in [0.29, 0.717) is 32.5 Å². The fourth-order valence-electron chi connectivity index (χ4n) is 6.07. The second kappa shape index (κ2) is 15.0. The highest BCUT2D eigenvalue weighted by atomic mass is 16.5. The van der Waals surface area contributed by atoms with E-state index < -0.39 is 0 Å². The van der Waals surface area contributed by atoms with E-state index in [9.17, 15) is 9.59 Å². The second-order valence-electron chi connectivity index (χ2n) is 11.6. The Kier molecular flexibility index (Phi) is 10.6. The molecule has 2 heterocycles. The molecule has 3 amide bonds. The van der Waals surface area contributed by atoms with E-state index in [1.807, 2.05) is 42.2 Å². The zero-order chi connectivity index (χ0) is 30.9. The molecule has 9 nitrogen and oxygen atoms in total. The Morgan fingerprint density at radius 1 is 1.05 bits per heavy atom. The largest absolute Gasteiger partial charge is 0.385 e. The molecule has 4 aromatic rings. The van der Waals surface area contributed by atoms with Crippen LogP contribution >= 0.6 is 0 Å². The molecule has 0 aliphatic carbocycles. The van der Waals surface area contributed by atoms with Gasteiger partial charge in [-0.3, -0.25) is 4.79 Å². The zero-order valence-corrected chi connectivity index (χ0v) is 25.8. The predicted molar refractivity (Wildman–Crippen MR) is 176 cm³/mol. The lowest BCUT2D eigenvalue weighted by Crippen LogP contribution is -2.42. The van der Waals surface area contributed by atoms with Crippen LogP contribution in [0.2, 0.25) is 0 Å². The Hall–Kier alpha value is -4.21. The number of hydrogen-bond acceptors (Lipinski definition) is 5. The normalized spacial score (nSPS) is 15.7. The summed E-state index contributed by atoms with van der Waals surface area (Å²) in [7, 11) is 1.73. The number of ether oxygens (including phenoxy) is 1. The fourth-order valence-corrected chi connectivity index (χ4v) is 6.07. The van der Waals surface area contributed by atoms with Crippen LogP contribution in [0, 0.1) is 0 Å². The number of amides is 3. The molecule has 2 atom stereocenters. The molecule has 5 rings (SSSR count). The van der Waals surface area contributed by atoms with Crippen molar-refractivity contribution in [2.75, 3.05) is 38.7 Å². The summed E-state index contributed by atoms with van der Waals surface area (Å²) in [5, 5.41) is 5.54. The van der Waals surface area contributed by atoms with Crippen molar-refractivity contribution in [3.63, 3.8) is 0 Å². The fraction of sp³-hybridized carbons (Fsp3) is 0.400. The number of fused-ring (bicyclic) bond motifs is 1. The van der Waals surface area contributed by atoms with Crippen LogP contribution in [0.1, 0.15) is 49.9 Å². The number of aromatic nitrogens is 2. The number of benzene rings is 3. The smallest absolute Gasteiger partial charge is 0.319 e. The molecule has 1 fully saturated rings. The number of para-hydroxylation sites is 2. The van der Waals surface area contributed by atoms with Crippen molar-refractivity contribution < 1.29 is 14.3 Å². The summed E-state index contributed by atoms with van der Waals surface area (Å²) in [6.07, 6.45) is 3.84. The van der Waals surface area contributed by atoms with Crippen LogP contribution in [-0.2, 0) is 22.5 Å². The first kappa shape index (κ1) is 31.2. The molecule has 1 saturated heterocycles. The number of urea groups is 1. The molecule has 232 valence electrons. The number of rotatable bonds is 12. The van der Waals surface area contributed by atoms with Gasteiger partial charge in [0.25, 0.3) is 0 Å². The number of aryl methyl sites for hydroxylation is 1. The molecule has 1 aliphatic heterocycles. The lowest BCUT2D eigenvalue weighted by Gasteiger charge is -2.33. The quantitative estimate of drug-likeness (QED) is 0.186. The van der Waals surface area contributed by atoms with Gasteiger partial charge < -0.3 is 30.6 Å². The highest BCUT2D eigenvalue weighted by Gasteiger charge is 2.29. The summed E-state index contributed by atoms with van der Waals surface area (Å²) in [4.78, 5) is 32.1. The van der Waals surface area contributed by atoms with E-state index in [4.69, 9.17) is 15.5 Å². The number of carbonyl (C=O) groups is 2. The predicted octanol–water partition coefficient (Wildman–Crippen LogP) is 5.55. The van der Waals surface area contributed by atoms with Crippen LogP contribution in [-0.4, -0.2) is 65.8 Å². The number of methoxy groups -OCH3 is 1. The van der Waals surface area contributed by atoms with Crippen molar-refractivity contribution in [3.05, 3.63) is 84.2 Å². The van der Waals surface area contributed by atoms with Crippen molar-refractivity contribution in [2.45, 2.75) is 57.5 Å². The van der Waals surface area contributed by atoms with Gasteiger partial charge in [-0.15, -0.1) is 0 Å². The number of nitrogens with zero attached hydrogens (tertiary/aromatic N) is 3. The number of nitrogens with one attached hydrogen (secondary N) is 2. The number of hydrogen-bond donors (Lipinski definition) is 3. The minimum absolute atomic E-state index is 0.113. The SMILES string of the molecule is CCNC(=O)Nc1ccc(-c2ccc(CC(N)CC(=O)N3CCCC(c4nc5ccccc5n4CCCOC)C3)cc2)cc1. The number of nitrogens with two attached hydrogens (primary N) is 1. The third kappa shape index (κ3) is 7.84. The van der Waals surface area contributed by atoms with E-state index in [-0.39, 0.29) is 23.9 Å². The molecule has 1 aliphatic rings. The summed E-state index contributed by atoms with van der Waals surface area (Å²) in [6, 6.07) is 23.8. The number of carbonyl (C=O) groups excluding carboxylic acids is 2. The van der Waals surface area contributed by atoms with Crippen molar-refractivity contribution in [1.29, 1.82) is 0 Å². The highest BCUT2D eigenvalue weighted by molar-refractivity contribution is 5.89. The first-order chi connectivity index (χ1) is 21.4. The monoisotopic (exact) mass is 596 g/mol. The van der Waals surface area contributed by atoms with Gasteiger partial charge in [-0.1, -0.05) is 48.5 Å². The van der Waals surface area contributed by atoms with Gasteiger partial charge in [0.2, 0.25) is 5.91 Å². The standard InChI is InChI=1S/C35H44N6O3/c1-3-37-35(43)38-30-17-15-27(16-18-30)26-13-11-25(12-14-26)22-29(36)23-33(42)40-19-6-8-28(24-40)34-39-31-9-4-5-10-32(31)41(34)20-7-21-44-2/h4-5,9-18,28-29H,3,6-8,19-24,36H2,1-2H3,(H2,37,38,43). The van der Waals surface area contributed by atoms with Crippen LogP contribution in [0.4, 0.5) is 10.5 Å². The lowest BCUT2D eigenvalue weighted by molar-refractivity contribution is -0.132. The summed E-state index contributed by atoms with van der Waals surface area (Å²) in [6.45, 7) is 5.44. The number of likely N-dealkylation sites (tertiary alicyclic amines) is 1. The van der Waals surface area contributed by atoms with Gasteiger partial charge in [-0.2, -0.15) is 0 Å². The average molecular weight is 597 g/mol. The maximum Gasteiger partial charge on any atom is 0.319 e. The van der Waals surface area contributed by atoms with E-state index in [0.717, 1.165) is 71.6 Å². The Morgan fingerprint density at radius 3 is 2.50 bits per heavy atom. The molecule has 2 unspecified atom stereocenters. The van der Waals surface area contributed by atoms with Crippen LogP contribution < -0.4 is 16.4 Å². The van der Waals surface area contributed by atoms with Gasteiger partial charge in [0, 0.05) is 64.0 Å². The Labute approximate surface area is 259 Å². The molecule has 0 saturated carbocycles. The molecular weight excluding hydrogens is 552 g/mol. The minimum atomic E-state index is -0.257. The second-order valence-corrected chi connectivity index (χ2v) is 11.6. The van der Waals surface area contributed by atoms with Gasteiger partial charge in [0.15, 0.2) is 0 Å². The molecular formula is C35H44N6O3. The van der Waals surface area contributed by atoms with Gasteiger partial charge in [0.1, 0.15) is 5.82 Å². The first-order valence-electron chi connectivity index (χ1n) is 15.7. The van der Waals surface area contributed by atoms with Gasteiger partial charge >= 0.3 is 6.03 Å². The maximum atomic E-state index is 13.4. The summed E-state index contributed by atoms with van der Waals surface area (Å²) in [5.74, 6) is 1.38. The number of anilines is 1. The van der Waals surface area contributed by atoms with Gasteiger partial charge in [-0.25, -0.2) is 9.78 Å². The Morgan fingerprint density at radius 2 is 1.77 bits per heavy atom. The third-order valence-electron chi connectivity index (χ3n) is 8.26. The number of imidazole rings is 1. The van der Waals surface area contributed by atoms with Gasteiger partial charge in [-0.05, 0) is 73.6 Å². The summed E-state index contributed by atoms with van der Waals surface area (Å²) in [5.41, 5.74) is 12.6. The topological polar surface area (TPSA) is 115 Å². The summed E-state index contributed by atoms with van der Waals surface area (Å²) < 4.78 is 7.62. The molecule has 44 heavy (non-hydrogen) atoms. The molecule has 0 spiro atoms. The maximum absolute atomic E-state index is 13.4. The van der Waals surface area contributed by atoms with Crippen LogP contribution in [0.25, 0.3) is 22.2 Å². The Balaban J connectivity index is 1.16. The molecule has 3 aromatic carbocycles. The number of piperidine rings is 1. The summed E-state index contributed by atoms with van der Waals surface area (Å²) >= 11 is 0. The zero-order valence-electron chi connectivity index (χ0n) is 25.8. The highest BCUT2D eigenvalue weighted by Crippen LogP contribution is 2.30. The van der Waals surface area contributed by atoms with E-state index in [2.05, 4.69) is 57.7 Å². The molecule has 0 bridgehead atoms. The third-order valence-corrected chi connectivity index (χ3v) is 8.26. The Bertz CT molecular complexity index is 1530. The van der Waals surface area contributed by atoms with E-state index in [1.54, 1.807) is 7.11 Å². The minimum Gasteiger partial charge on any atom is -0.385 e. The van der Waals surface area contributed by atoms with Crippen molar-refractivity contribution in [1.82, 2.24) is 19.8 Å². The van der Waals surface area contributed by atoms with Crippen LogP contribution in [0.15, 0.2) is 72.8 Å². The van der Waals surface area contributed by atoms with Crippen molar-refractivity contribution in [2.24, 2.45) is 5.73 Å². The molecule has 9 heteroatoms. The molecule has 1 aromatic heterocycles. The van der Waals surface area contributed by atoms with Crippen LogP contribution in [0.3, 0.4) is 0 Å². The van der Waals surface area contributed by atoms with E-state index in [1.165, 1.54) is 0 Å². The molecule has 0 radical (unpaired) electrons. The lowest BCUT2D eigenvalue weighted by atomic mass is 9.95.